The summed E-state index contributed by atoms with van der Waals surface area (Å²) in [4.78, 5) is 0. The van der Waals surface area contributed by atoms with Crippen LogP contribution in [0.2, 0.25) is 0 Å². The lowest BCUT2D eigenvalue weighted by atomic mass is 9.93. The first-order chi connectivity index (χ1) is 8.70. The van der Waals surface area contributed by atoms with Gasteiger partial charge in [-0.15, -0.1) is 0 Å². The second kappa shape index (κ2) is 13.4. The van der Waals surface area contributed by atoms with Crippen LogP contribution in [0.1, 0.15) is 97.8 Å². The first kappa shape index (κ1) is 18.0. The van der Waals surface area contributed by atoms with Crippen molar-refractivity contribution >= 4 is 0 Å². The van der Waals surface area contributed by atoms with Crippen molar-refractivity contribution in [3.63, 3.8) is 0 Å². The lowest BCUT2D eigenvalue weighted by molar-refractivity contribution is 0.400. The van der Waals surface area contributed by atoms with Crippen LogP contribution in [0.15, 0.2) is 0 Å². The van der Waals surface area contributed by atoms with Gasteiger partial charge in [0.2, 0.25) is 0 Å². The Bertz CT molecular complexity index is 150. The lowest BCUT2D eigenvalue weighted by Gasteiger charge is -2.13. The van der Waals surface area contributed by atoms with E-state index in [1.54, 1.807) is 0 Å². The zero-order valence-corrected chi connectivity index (χ0v) is 13.3. The normalized spacial score (nSPS) is 14.7. The van der Waals surface area contributed by atoms with E-state index in [4.69, 9.17) is 0 Å². The van der Waals surface area contributed by atoms with E-state index in [0.29, 0.717) is 0 Å². The summed E-state index contributed by atoms with van der Waals surface area (Å²) in [7, 11) is 0. The molecule has 0 nitrogen and oxygen atoms in total. The highest BCUT2D eigenvalue weighted by Gasteiger charge is 2.05. The third-order valence-electron chi connectivity index (χ3n) is 4.14. The fourth-order valence-corrected chi connectivity index (χ4v) is 2.73. The Balaban J connectivity index is 3.24. The molecule has 0 aromatic rings. The average Bonchev–Trinajstić information content (AvgIpc) is 2.34. The maximum Gasteiger partial charge on any atom is -0.0443 e. The van der Waals surface area contributed by atoms with Crippen molar-refractivity contribution in [1.29, 1.82) is 0 Å². The smallest absolute Gasteiger partial charge is 0.0443 e. The quantitative estimate of drug-likeness (QED) is 0.317. The Kier molecular flexibility index (Phi) is 13.4. The van der Waals surface area contributed by atoms with Gasteiger partial charge in [0.15, 0.2) is 0 Å². The van der Waals surface area contributed by atoms with E-state index in [-0.39, 0.29) is 0 Å². The number of hydrogen-bond acceptors (Lipinski definition) is 0. The molecule has 18 heavy (non-hydrogen) atoms. The molecule has 0 aliphatic rings. The molecule has 0 aromatic heterocycles. The largest absolute Gasteiger partial charge is 0.0654 e. The third kappa shape index (κ3) is 12.5. The Labute approximate surface area is 117 Å². The van der Waals surface area contributed by atoms with Gasteiger partial charge in [-0.05, 0) is 11.8 Å². The van der Waals surface area contributed by atoms with Gasteiger partial charge >= 0.3 is 0 Å². The zero-order chi connectivity index (χ0) is 13.6. The van der Waals surface area contributed by atoms with Crippen molar-refractivity contribution in [1.82, 2.24) is 0 Å². The van der Waals surface area contributed by atoms with E-state index in [2.05, 4.69) is 27.7 Å². The van der Waals surface area contributed by atoms with Gasteiger partial charge in [-0.25, -0.2) is 0 Å². The van der Waals surface area contributed by atoms with Gasteiger partial charge in [0.1, 0.15) is 0 Å². The van der Waals surface area contributed by atoms with Gasteiger partial charge < -0.3 is 0 Å². The molecular weight excluding hydrogens is 216 g/mol. The molecule has 0 saturated heterocycles. The number of unbranched alkanes of at least 4 members (excludes halogenated alkanes) is 5. The van der Waals surface area contributed by atoms with E-state index in [0.717, 1.165) is 18.3 Å². The summed E-state index contributed by atoms with van der Waals surface area (Å²) in [5.41, 5.74) is 0. The Morgan fingerprint density at radius 2 is 1.17 bits per heavy atom. The molecule has 0 bridgehead atoms. The van der Waals surface area contributed by atoms with Crippen molar-refractivity contribution in [2.24, 2.45) is 11.8 Å². The first-order valence-corrected chi connectivity index (χ1v) is 8.49. The van der Waals surface area contributed by atoms with Crippen LogP contribution in [0.3, 0.4) is 0 Å². The van der Waals surface area contributed by atoms with Crippen molar-refractivity contribution in [2.75, 3.05) is 0 Å². The Morgan fingerprint density at radius 3 is 1.78 bits per heavy atom. The van der Waals surface area contributed by atoms with Crippen LogP contribution >= 0.6 is 0 Å². The van der Waals surface area contributed by atoms with Gasteiger partial charge in [-0.2, -0.15) is 0 Å². The summed E-state index contributed by atoms with van der Waals surface area (Å²) in [5.74, 6) is 1.84. The lowest BCUT2D eigenvalue weighted by Crippen LogP contribution is -1.99. The molecular formula is C18H37. The molecule has 0 aromatic carbocycles. The number of hydrogen-bond donors (Lipinski definition) is 0. The van der Waals surface area contributed by atoms with Crippen molar-refractivity contribution in [3.05, 3.63) is 6.92 Å². The predicted molar refractivity (Wildman–Crippen MR) is 84.8 cm³/mol. The Hall–Kier alpha value is 0. The van der Waals surface area contributed by atoms with Crippen LogP contribution in [0.25, 0.3) is 0 Å². The molecule has 1 radical (unpaired) electrons. The minimum Gasteiger partial charge on any atom is -0.0654 e. The fraction of sp³-hybridized carbons (Fsp3) is 0.944. The number of rotatable bonds is 13. The molecule has 0 rings (SSSR count). The van der Waals surface area contributed by atoms with Crippen molar-refractivity contribution < 1.29 is 0 Å². The SMILES string of the molecule is [CH2]CCC(C)CCCC(C)CCCCCCCC. The summed E-state index contributed by atoms with van der Waals surface area (Å²) in [6, 6.07) is 0. The molecule has 2 unspecified atom stereocenters. The molecule has 0 amide bonds. The van der Waals surface area contributed by atoms with Crippen LogP contribution in [0.4, 0.5) is 0 Å². The highest BCUT2D eigenvalue weighted by atomic mass is 14.1. The van der Waals surface area contributed by atoms with E-state index in [1.807, 2.05) is 0 Å². The highest BCUT2D eigenvalue weighted by molar-refractivity contribution is 4.59. The summed E-state index contributed by atoms with van der Waals surface area (Å²) in [6.07, 6.45) is 16.8. The molecule has 0 aliphatic carbocycles. The van der Waals surface area contributed by atoms with Crippen LogP contribution in [-0.2, 0) is 0 Å². The van der Waals surface area contributed by atoms with E-state index >= 15 is 0 Å². The van der Waals surface area contributed by atoms with E-state index in [1.165, 1.54) is 70.6 Å². The van der Waals surface area contributed by atoms with E-state index < -0.39 is 0 Å². The van der Waals surface area contributed by atoms with Gasteiger partial charge in [-0.1, -0.05) is 105 Å². The molecule has 0 saturated carbocycles. The fourth-order valence-electron chi connectivity index (χ4n) is 2.73. The molecule has 0 fully saturated rings. The maximum absolute atomic E-state index is 3.94. The first-order valence-electron chi connectivity index (χ1n) is 8.49. The third-order valence-corrected chi connectivity index (χ3v) is 4.14. The summed E-state index contributed by atoms with van der Waals surface area (Å²) in [5, 5.41) is 0. The predicted octanol–water partition coefficient (Wildman–Crippen LogP) is 6.79. The van der Waals surface area contributed by atoms with Gasteiger partial charge in [0.25, 0.3) is 0 Å². The molecule has 0 spiro atoms. The topological polar surface area (TPSA) is 0 Å². The second-order valence-electron chi connectivity index (χ2n) is 6.34. The summed E-state index contributed by atoms with van der Waals surface area (Å²) in [6.45, 7) is 11.1. The molecule has 0 heterocycles. The standard InChI is InChI=1S/C18H37/c1-5-7-8-9-10-11-14-18(4)16-12-15-17(3)13-6-2/h17-18H,2,5-16H2,1,3-4H3. The summed E-state index contributed by atoms with van der Waals surface area (Å²) >= 11 is 0. The van der Waals surface area contributed by atoms with Crippen LogP contribution in [0, 0.1) is 18.8 Å². The molecule has 0 N–H and O–H groups in total. The second-order valence-corrected chi connectivity index (χ2v) is 6.34. The maximum atomic E-state index is 3.94. The minimum atomic E-state index is 0.892. The average molecular weight is 253 g/mol. The van der Waals surface area contributed by atoms with Gasteiger partial charge in [0, 0.05) is 0 Å². The molecule has 0 aliphatic heterocycles. The van der Waals surface area contributed by atoms with Crippen LogP contribution < -0.4 is 0 Å². The van der Waals surface area contributed by atoms with Crippen molar-refractivity contribution in [3.8, 4) is 0 Å². The molecule has 2 atom stereocenters. The van der Waals surface area contributed by atoms with E-state index in [9.17, 15) is 0 Å². The van der Waals surface area contributed by atoms with Crippen molar-refractivity contribution in [2.45, 2.75) is 97.8 Å². The summed E-state index contributed by atoms with van der Waals surface area (Å²) < 4.78 is 0. The van der Waals surface area contributed by atoms with Crippen LogP contribution in [0.5, 0.6) is 0 Å². The highest BCUT2D eigenvalue weighted by Crippen LogP contribution is 2.20. The Morgan fingerprint density at radius 1 is 0.667 bits per heavy atom. The monoisotopic (exact) mass is 253 g/mol. The molecule has 109 valence electrons. The van der Waals surface area contributed by atoms with Gasteiger partial charge in [0.05, 0.1) is 0 Å². The molecule has 0 heteroatoms. The van der Waals surface area contributed by atoms with Gasteiger partial charge in [-0.3, -0.25) is 0 Å². The minimum absolute atomic E-state index is 0.892. The zero-order valence-electron chi connectivity index (χ0n) is 13.3. The van der Waals surface area contributed by atoms with Crippen LogP contribution in [-0.4, -0.2) is 0 Å².